The Morgan fingerprint density at radius 1 is 1.00 bits per heavy atom. The van der Waals surface area contributed by atoms with Crippen LogP contribution in [-0.2, 0) is 6.54 Å². The summed E-state index contributed by atoms with van der Waals surface area (Å²) in [5.74, 6) is -1.38. The predicted octanol–water partition coefficient (Wildman–Crippen LogP) is 3.45. The second-order valence-corrected chi connectivity index (χ2v) is 9.77. The summed E-state index contributed by atoms with van der Waals surface area (Å²) in [5, 5.41) is 3.01. The van der Waals surface area contributed by atoms with Crippen LogP contribution in [0.1, 0.15) is 47.8 Å². The number of nitrogens with one attached hydrogen (secondary N) is 1. The van der Waals surface area contributed by atoms with Crippen molar-refractivity contribution in [2.45, 2.75) is 44.3 Å². The van der Waals surface area contributed by atoms with Crippen molar-refractivity contribution >= 4 is 22.6 Å². The fraction of sp³-hybridized carbons (Fsp3) is 0.250. The van der Waals surface area contributed by atoms with Gasteiger partial charge in [0.05, 0.1) is 18.1 Å². The van der Waals surface area contributed by atoms with Crippen LogP contribution in [0.25, 0.3) is 16.7 Å². The van der Waals surface area contributed by atoms with Gasteiger partial charge in [0.15, 0.2) is 0 Å². The number of fused-ring (bicyclic) bond motifs is 2. The molecule has 1 saturated carbocycles. The third-order valence-electron chi connectivity index (χ3n) is 7.22. The minimum absolute atomic E-state index is 0.000939. The SMILES string of the molecule is O=C(N[C@H]1CC[C@@H](n2c(=O)c3cc(F)cnc3n(Cc3ccc(F)cc3)c2=O)CC1)c1cn2ccccc2n1. The zero-order valence-electron chi connectivity index (χ0n) is 20.8. The van der Waals surface area contributed by atoms with Crippen LogP contribution in [0.15, 0.2) is 76.7 Å². The predicted molar refractivity (Wildman–Crippen MR) is 140 cm³/mol. The average Bonchev–Trinajstić information content (AvgIpc) is 3.38. The highest BCUT2D eigenvalue weighted by atomic mass is 19.1. The molecule has 1 N–H and O–H groups in total. The normalized spacial score (nSPS) is 17.5. The van der Waals surface area contributed by atoms with Gasteiger partial charge in [-0.05, 0) is 61.6 Å². The lowest BCUT2D eigenvalue weighted by Gasteiger charge is -2.30. The van der Waals surface area contributed by atoms with Crippen LogP contribution >= 0.6 is 0 Å². The molecule has 0 spiro atoms. The van der Waals surface area contributed by atoms with E-state index in [9.17, 15) is 23.2 Å². The van der Waals surface area contributed by atoms with E-state index in [1.54, 1.807) is 22.7 Å². The molecule has 6 rings (SSSR count). The van der Waals surface area contributed by atoms with Crippen molar-refractivity contribution in [3.8, 4) is 0 Å². The van der Waals surface area contributed by atoms with Gasteiger partial charge in [-0.1, -0.05) is 18.2 Å². The Labute approximate surface area is 220 Å². The molecule has 1 aliphatic rings. The minimum atomic E-state index is -0.684. The third-order valence-corrected chi connectivity index (χ3v) is 7.22. The average molecular weight is 531 g/mol. The van der Waals surface area contributed by atoms with E-state index in [0.717, 1.165) is 12.3 Å². The fourth-order valence-electron chi connectivity index (χ4n) is 5.26. The summed E-state index contributed by atoms with van der Waals surface area (Å²) >= 11 is 0. The molecule has 0 aliphatic heterocycles. The number of benzene rings is 1. The van der Waals surface area contributed by atoms with E-state index in [1.807, 2.05) is 24.4 Å². The van der Waals surface area contributed by atoms with E-state index >= 15 is 0 Å². The molecule has 0 atom stereocenters. The van der Waals surface area contributed by atoms with Crippen LogP contribution in [0.5, 0.6) is 0 Å². The summed E-state index contributed by atoms with van der Waals surface area (Å²) in [6.45, 7) is 0.0406. The summed E-state index contributed by atoms with van der Waals surface area (Å²) in [6.07, 6.45) is 6.48. The van der Waals surface area contributed by atoms with Crippen molar-refractivity contribution in [1.82, 2.24) is 28.8 Å². The molecule has 4 heterocycles. The van der Waals surface area contributed by atoms with E-state index in [4.69, 9.17) is 0 Å². The van der Waals surface area contributed by atoms with Crippen molar-refractivity contribution in [2.24, 2.45) is 0 Å². The van der Waals surface area contributed by atoms with Crippen LogP contribution in [0.3, 0.4) is 0 Å². The van der Waals surface area contributed by atoms with E-state index in [1.165, 1.54) is 21.3 Å². The molecule has 1 aromatic carbocycles. The highest BCUT2D eigenvalue weighted by molar-refractivity contribution is 5.93. The lowest BCUT2D eigenvalue weighted by molar-refractivity contribution is 0.0917. The molecule has 198 valence electrons. The van der Waals surface area contributed by atoms with Crippen LogP contribution in [0.4, 0.5) is 8.78 Å². The summed E-state index contributed by atoms with van der Waals surface area (Å²) in [7, 11) is 0. The molecule has 0 unspecified atom stereocenters. The number of carbonyl (C=O) groups is 1. The molecule has 5 aromatic rings. The first-order valence-corrected chi connectivity index (χ1v) is 12.7. The van der Waals surface area contributed by atoms with Crippen LogP contribution in [0.2, 0.25) is 0 Å². The fourth-order valence-corrected chi connectivity index (χ4v) is 5.26. The van der Waals surface area contributed by atoms with Gasteiger partial charge in [0, 0.05) is 24.5 Å². The number of amides is 1. The Morgan fingerprint density at radius 2 is 1.77 bits per heavy atom. The summed E-state index contributed by atoms with van der Waals surface area (Å²) in [6, 6.07) is 11.7. The zero-order valence-corrected chi connectivity index (χ0v) is 20.8. The van der Waals surface area contributed by atoms with Gasteiger partial charge < -0.3 is 9.72 Å². The summed E-state index contributed by atoms with van der Waals surface area (Å²) in [5.41, 5.74) is 0.523. The van der Waals surface area contributed by atoms with E-state index in [2.05, 4.69) is 15.3 Å². The monoisotopic (exact) mass is 530 g/mol. The van der Waals surface area contributed by atoms with E-state index < -0.39 is 28.9 Å². The number of rotatable bonds is 5. The van der Waals surface area contributed by atoms with Crippen LogP contribution < -0.4 is 16.6 Å². The van der Waals surface area contributed by atoms with Gasteiger partial charge in [-0.2, -0.15) is 0 Å². The number of pyridine rings is 2. The molecular weight excluding hydrogens is 506 g/mol. The van der Waals surface area contributed by atoms with Gasteiger partial charge >= 0.3 is 5.69 Å². The number of hydrogen-bond acceptors (Lipinski definition) is 5. The van der Waals surface area contributed by atoms with Crippen LogP contribution in [0, 0.1) is 11.6 Å². The van der Waals surface area contributed by atoms with Crippen molar-refractivity contribution in [3.63, 3.8) is 0 Å². The Bertz CT molecular complexity index is 1790. The van der Waals surface area contributed by atoms with Gasteiger partial charge in [-0.3, -0.25) is 18.7 Å². The van der Waals surface area contributed by atoms with Gasteiger partial charge in [-0.25, -0.2) is 23.5 Å². The second-order valence-electron chi connectivity index (χ2n) is 9.77. The number of carbonyl (C=O) groups excluding carboxylic acids is 1. The summed E-state index contributed by atoms with van der Waals surface area (Å²) < 4.78 is 31.8. The Morgan fingerprint density at radius 3 is 2.51 bits per heavy atom. The Balaban J connectivity index is 1.26. The molecule has 9 nitrogen and oxygen atoms in total. The quantitative estimate of drug-likeness (QED) is 0.375. The van der Waals surface area contributed by atoms with Gasteiger partial charge in [-0.15, -0.1) is 0 Å². The van der Waals surface area contributed by atoms with Crippen molar-refractivity contribution in [1.29, 1.82) is 0 Å². The molecule has 11 heteroatoms. The van der Waals surface area contributed by atoms with Gasteiger partial charge in [0.2, 0.25) is 0 Å². The maximum Gasteiger partial charge on any atom is 0.333 e. The number of halogens is 2. The first-order valence-electron chi connectivity index (χ1n) is 12.7. The molecule has 0 radical (unpaired) electrons. The molecule has 39 heavy (non-hydrogen) atoms. The molecule has 1 aliphatic carbocycles. The second kappa shape index (κ2) is 9.90. The van der Waals surface area contributed by atoms with Gasteiger partial charge in [0.1, 0.15) is 28.6 Å². The maximum atomic E-state index is 14.1. The molecule has 0 saturated heterocycles. The smallest absolute Gasteiger partial charge is 0.333 e. The Hall–Kier alpha value is -4.67. The number of aromatic nitrogens is 5. The maximum absolute atomic E-state index is 14.1. The van der Waals surface area contributed by atoms with Crippen LogP contribution in [-0.4, -0.2) is 35.5 Å². The number of imidazole rings is 1. The highest BCUT2D eigenvalue weighted by Crippen LogP contribution is 2.27. The molecular formula is C28H24F2N6O3. The number of hydrogen-bond donors (Lipinski definition) is 1. The summed E-state index contributed by atoms with van der Waals surface area (Å²) in [4.78, 5) is 48.2. The van der Waals surface area contributed by atoms with Gasteiger partial charge in [0.25, 0.3) is 11.5 Å². The molecule has 1 amide bonds. The molecule has 4 aromatic heterocycles. The highest BCUT2D eigenvalue weighted by Gasteiger charge is 2.28. The standard InChI is InChI=1S/C28H24F2N6O3/c29-18-6-4-17(5-7-18)15-35-25-22(13-19(30)14-31-25)27(38)36(28(35)39)21-10-8-20(9-11-21)32-26(37)23-16-34-12-2-1-3-24(34)33-23/h1-7,12-14,16,20-21H,8-11,15H2,(H,32,37)/t20-,21+. The lowest BCUT2D eigenvalue weighted by atomic mass is 9.90. The largest absolute Gasteiger partial charge is 0.348 e. The van der Waals surface area contributed by atoms with Crippen molar-refractivity contribution < 1.29 is 13.6 Å². The Kier molecular flexibility index (Phi) is 6.26. The molecule has 1 fully saturated rings. The minimum Gasteiger partial charge on any atom is -0.348 e. The third kappa shape index (κ3) is 4.71. The van der Waals surface area contributed by atoms with E-state index in [0.29, 0.717) is 42.6 Å². The van der Waals surface area contributed by atoms with Crippen molar-refractivity contribution in [3.05, 3.63) is 111 Å². The molecule has 0 bridgehead atoms. The first kappa shape index (κ1) is 24.7. The number of nitrogens with zero attached hydrogens (tertiary/aromatic N) is 5. The van der Waals surface area contributed by atoms with Crippen molar-refractivity contribution in [2.75, 3.05) is 0 Å². The topological polar surface area (TPSA) is 103 Å². The lowest BCUT2D eigenvalue weighted by Crippen LogP contribution is -2.45. The zero-order chi connectivity index (χ0) is 27.1. The first-order chi connectivity index (χ1) is 18.9. The van der Waals surface area contributed by atoms with E-state index in [-0.39, 0.29) is 29.5 Å².